The molecule has 234 valence electrons. The van der Waals surface area contributed by atoms with Crippen LogP contribution >= 0.6 is 0 Å². The van der Waals surface area contributed by atoms with Gasteiger partial charge < -0.3 is 4.42 Å². The standard InChI is InChI=1S/C45H33N3O/c1-3-14-31-28(2)39(27-30-17-7-8-18-32(30)31)45-47-43(29-15-5-4-6-16-29)46-44(48-45)37-26-25-35(33-19-9-10-20-34(33)37)36-22-13-24-41-42(36)38-21-11-12-23-40(38)49-41/h3-27,30,32H,1-2H3/b14-3-. The Labute approximate surface area is 285 Å². The Morgan fingerprint density at radius 3 is 2.10 bits per heavy atom. The van der Waals surface area contributed by atoms with Crippen molar-refractivity contribution in [2.24, 2.45) is 11.8 Å². The van der Waals surface area contributed by atoms with Crippen molar-refractivity contribution >= 4 is 38.3 Å². The molecule has 9 rings (SSSR count). The molecule has 0 amide bonds. The van der Waals surface area contributed by atoms with Crippen molar-refractivity contribution in [1.29, 1.82) is 0 Å². The fourth-order valence-corrected chi connectivity index (χ4v) is 7.54. The molecule has 0 aliphatic heterocycles. The van der Waals surface area contributed by atoms with Gasteiger partial charge in [0.25, 0.3) is 0 Å². The second kappa shape index (κ2) is 11.8. The van der Waals surface area contributed by atoms with Gasteiger partial charge in [0.2, 0.25) is 0 Å². The maximum Gasteiger partial charge on any atom is 0.164 e. The van der Waals surface area contributed by atoms with Crippen LogP contribution in [0.1, 0.15) is 19.7 Å². The van der Waals surface area contributed by atoms with Gasteiger partial charge >= 0.3 is 0 Å². The largest absolute Gasteiger partial charge is 0.456 e. The van der Waals surface area contributed by atoms with Crippen LogP contribution in [-0.4, -0.2) is 15.0 Å². The molecule has 7 aromatic rings. The quantitative estimate of drug-likeness (QED) is 0.190. The van der Waals surface area contributed by atoms with E-state index >= 15 is 0 Å². The van der Waals surface area contributed by atoms with Gasteiger partial charge in [0.05, 0.1) is 0 Å². The molecule has 0 spiro atoms. The number of rotatable bonds is 5. The molecule has 5 aromatic carbocycles. The number of nitrogens with zero attached hydrogens (tertiary/aromatic N) is 3. The average Bonchev–Trinajstić information content (AvgIpc) is 3.55. The van der Waals surface area contributed by atoms with Crippen molar-refractivity contribution < 1.29 is 4.42 Å². The monoisotopic (exact) mass is 631 g/mol. The van der Waals surface area contributed by atoms with Crippen molar-refractivity contribution in [3.05, 3.63) is 169 Å². The number of hydrogen-bond acceptors (Lipinski definition) is 4. The average molecular weight is 632 g/mol. The second-order valence-electron chi connectivity index (χ2n) is 12.7. The third-order valence-electron chi connectivity index (χ3n) is 9.85. The highest BCUT2D eigenvalue weighted by Crippen LogP contribution is 2.43. The van der Waals surface area contributed by atoms with E-state index in [1.807, 2.05) is 36.4 Å². The van der Waals surface area contributed by atoms with Crippen LogP contribution in [-0.2, 0) is 0 Å². The van der Waals surface area contributed by atoms with Crippen molar-refractivity contribution in [3.8, 4) is 33.9 Å². The summed E-state index contributed by atoms with van der Waals surface area (Å²) < 4.78 is 6.26. The molecule has 0 bridgehead atoms. The first kappa shape index (κ1) is 29.0. The molecule has 49 heavy (non-hydrogen) atoms. The SMILES string of the molecule is C/C=C\C1=C(C)C(c2nc(-c3ccccc3)nc(-c3ccc(-c4cccc5oc6ccccc6c45)c4ccccc34)n2)=CC2C=CC=CC12. The lowest BCUT2D eigenvalue weighted by Gasteiger charge is -2.30. The highest BCUT2D eigenvalue weighted by atomic mass is 16.3. The molecule has 0 radical (unpaired) electrons. The molecule has 2 aliphatic carbocycles. The fraction of sp³-hybridized carbons (Fsp3) is 0.0889. The molecule has 0 N–H and O–H groups in total. The molecular weight excluding hydrogens is 599 g/mol. The number of fused-ring (bicyclic) bond motifs is 5. The van der Waals surface area contributed by atoms with Crippen LogP contribution in [0.25, 0.3) is 72.2 Å². The first-order valence-corrected chi connectivity index (χ1v) is 16.8. The van der Waals surface area contributed by atoms with E-state index in [9.17, 15) is 0 Å². The zero-order valence-corrected chi connectivity index (χ0v) is 27.3. The molecule has 2 aliphatic rings. The minimum atomic E-state index is 0.233. The topological polar surface area (TPSA) is 51.8 Å². The number of hydrogen-bond donors (Lipinski definition) is 0. The van der Waals surface area contributed by atoms with E-state index in [0.29, 0.717) is 23.4 Å². The number of benzene rings is 5. The van der Waals surface area contributed by atoms with Crippen molar-refractivity contribution in [1.82, 2.24) is 15.0 Å². The summed E-state index contributed by atoms with van der Waals surface area (Å²) in [5, 5.41) is 4.45. The summed E-state index contributed by atoms with van der Waals surface area (Å²) in [6, 6.07) is 37.7. The van der Waals surface area contributed by atoms with Crippen LogP contribution in [0.4, 0.5) is 0 Å². The highest BCUT2D eigenvalue weighted by molar-refractivity contribution is 6.16. The first-order valence-electron chi connectivity index (χ1n) is 16.8. The summed E-state index contributed by atoms with van der Waals surface area (Å²) >= 11 is 0. The minimum Gasteiger partial charge on any atom is -0.456 e. The van der Waals surface area contributed by atoms with E-state index in [-0.39, 0.29) is 5.92 Å². The van der Waals surface area contributed by atoms with E-state index in [1.54, 1.807) is 0 Å². The molecule has 4 heteroatoms. The zero-order chi connectivity index (χ0) is 32.9. The van der Waals surface area contributed by atoms with Crippen molar-refractivity contribution in [2.45, 2.75) is 13.8 Å². The summed E-state index contributed by atoms with van der Waals surface area (Å²) in [5.41, 5.74) is 9.51. The van der Waals surface area contributed by atoms with Crippen LogP contribution in [0.3, 0.4) is 0 Å². The Balaban J connectivity index is 1.27. The van der Waals surface area contributed by atoms with Gasteiger partial charge in [-0.25, -0.2) is 15.0 Å². The minimum absolute atomic E-state index is 0.233. The molecule has 2 unspecified atom stereocenters. The van der Waals surface area contributed by atoms with Gasteiger partial charge in [-0.3, -0.25) is 0 Å². The van der Waals surface area contributed by atoms with Gasteiger partial charge in [0.15, 0.2) is 17.5 Å². The van der Waals surface area contributed by atoms with E-state index in [0.717, 1.165) is 60.5 Å². The van der Waals surface area contributed by atoms with Gasteiger partial charge in [-0.1, -0.05) is 134 Å². The summed E-state index contributed by atoms with van der Waals surface area (Å²) in [6.07, 6.45) is 15.5. The molecule has 2 atom stereocenters. The Morgan fingerprint density at radius 2 is 1.27 bits per heavy atom. The molecule has 4 nitrogen and oxygen atoms in total. The number of aromatic nitrogens is 3. The van der Waals surface area contributed by atoms with E-state index in [2.05, 4.69) is 129 Å². The summed E-state index contributed by atoms with van der Waals surface area (Å²) in [5.74, 6) is 2.53. The van der Waals surface area contributed by atoms with Crippen LogP contribution in [0.15, 0.2) is 167 Å². The van der Waals surface area contributed by atoms with Gasteiger partial charge in [-0.2, -0.15) is 0 Å². The summed E-state index contributed by atoms with van der Waals surface area (Å²) in [4.78, 5) is 15.5. The van der Waals surface area contributed by atoms with Gasteiger partial charge in [0, 0.05) is 39.3 Å². The van der Waals surface area contributed by atoms with Crippen LogP contribution in [0.5, 0.6) is 0 Å². The molecule has 2 heterocycles. The van der Waals surface area contributed by atoms with E-state index < -0.39 is 0 Å². The Bertz CT molecular complexity index is 2580. The molecule has 0 saturated heterocycles. The zero-order valence-electron chi connectivity index (χ0n) is 27.3. The number of allylic oxidation sites excluding steroid dienone is 10. The molecule has 0 fully saturated rings. The van der Waals surface area contributed by atoms with Gasteiger partial charge in [-0.15, -0.1) is 0 Å². The maximum absolute atomic E-state index is 6.26. The Kier molecular flexibility index (Phi) is 7.02. The Hall–Kier alpha value is -6.13. The van der Waals surface area contributed by atoms with E-state index in [1.165, 1.54) is 11.1 Å². The van der Waals surface area contributed by atoms with Crippen molar-refractivity contribution in [2.75, 3.05) is 0 Å². The lowest BCUT2D eigenvalue weighted by atomic mass is 9.74. The van der Waals surface area contributed by atoms with Gasteiger partial charge in [-0.05, 0) is 65.1 Å². The van der Waals surface area contributed by atoms with E-state index in [4.69, 9.17) is 19.4 Å². The number of para-hydroxylation sites is 1. The third-order valence-corrected chi connectivity index (χ3v) is 9.85. The van der Waals surface area contributed by atoms with Crippen molar-refractivity contribution in [3.63, 3.8) is 0 Å². The molecule has 0 saturated carbocycles. The van der Waals surface area contributed by atoms with Crippen LogP contribution < -0.4 is 0 Å². The van der Waals surface area contributed by atoms with Gasteiger partial charge in [0.1, 0.15) is 11.2 Å². The lowest BCUT2D eigenvalue weighted by molar-refractivity contribution is 0.632. The van der Waals surface area contributed by atoms with Crippen LogP contribution in [0.2, 0.25) is 0 Å². The highest BCUT2D eigenvalue weighted by Gasteiger charge is 2.29. The predicted octanol–water partition coefficient (Wildman–Crippen LogP) is 11.6. The molecule has 2 aromatic heterocycles. The lowest BCUT2D eigenvalue weighted by Crippen LogP contribution is -2.19. The normalized spacial score (nSPS) is 17.4. The second-order valence-corrected chi connectivity index (χ2v) is 12.7. The summed E-state index contributed by atoms with van der Waals surface area (Å²) in [6.45, 7) is 4.27. The molecular formula is C45H33N3O. The summed E-state index contributed by atoms with van der Waals surface area (Å²) in [7, 11) is 0. The predicted molar refractivity (Wildman–Crippen MR) is 202 cm³/mol. The maximum atomic E-state index is 6.26. The smallest absolute Gasteiger partial charge is 0.164 e. The fourth-order valence-electron chi connectivity index (χ4n) is 7.54. The third kappa shape index (κ3) is 4.87. The number of furan rings is 1. The first-order chi connectivity index (χ1) is 24.2. The Morgan fingerprint density at radius 1 is 0.592 bits per heavy atom. The van der Waals surface area contributed by atoms with Crippen LogP contribution in [0, 0.1) is 11.8 Å².